The maximum atomic E-state index is 13.4. The molecule has 0 aromatic heterocycles. The third-order valence-corrected chi connectivity index (χ3v) is 11.1. The fourth-order valence-electron chi connectivity index (χ4n) is 6.56. The molecule has 0 radical (unpaired) electrons. The lowest BCUT2D eigenvalue weighted by atomic mass is 9.95. The number of nitrogens with zero attached hydrogens (tertiary/aromatic N) is 1. The van der Waals surface area contributed by atoms with Crippen LogP contribution in [0, 0.1) is 11.8 Å². The first-order chi connectivity index (χ1) is 19.7. The number of hydrogen-bond donors (Lipinski definition) is 4. The van der Waals surface area contributed by atoms with E-state index in [9.17, 15) is 19.5 Å². The van der Waals surface area contributed by atoms with E-state index >= 15 is 0 Å². The summed E-state index contributed by atoms with van der Waals surface area (Å²) in [5.74, 6) is 0.112. The molecule has 8 nitrogen and oxygen atoms in total. The van der Waals surface area contributed by atoms with Gasteiger partial charge in [-0.15, -0.1) is 0 Å². The molecule has 0 saturated carbocycles. The van der Waals surface area contributed by atoms with Crippen molar-refractivity contribution >= 4 is 25.8 Å². The second kappa shape index (κ2) is 14.6. The molecule has 5 atom stereocenters. The highest BCUT2D eigenvalue weighted by atomic mass is 28.4. The van der Waals surface area contributed by atoms with E-state index in [-0.39, 0.29) is 61.0 Å². The first-order valence-corrected chi connectivity index (χ1v) is 18.1. The van der Waals surface area contributed by atoms with Crippen molar-refractivity contribution in [1.29, 1.82) is 0 Å². The molecule has 0 aliphatic carbocycles. The van der Waals surface area contributed by atoms with Gasteiger partial charge in [0.1, 0.15) is 0 Å². The van der Waals surface area contributed by atoms with E-state index in [1.54, 1.807) is 4.90 Å². The molecule has 41 heavy (non-hydrogen) atoms. The lowest BCUT2D eigenvalue weighted by molar-refractivity contribution is -0.135. The van der Waals surface area contributed by atoms with Crippen LogP contribution < -0.4 is 10.6 Å². The topological polar surface area (TPSA) is 111 Å². The Bertz CT molecular complexity index is 1140. The number of carbonyl (C=O) groups excluding carboxylic acids is 2. The molecular weight excluding hydrogens is 534 g/mol. The summed E-state index contributed by atoms with van der Waals surface area (Å²) in [6.07, 6.45) is 3.22. The molecule has 9 heteroatoms. The molecule has 0 bridgehead atoms. The van der Waals surface area contributed by atoms with Crippen molar-refractivity contribution in [3.63, 3.8) is 0 Å². The van der Waals surface area contributed by atoms with Gasteiger partial charge >= 0.3 is 0 Å². The molecule has 224 valence electrons. The zero-order chi connectivity index (χ0) is 29.4. The second-order valence-electron chi connectivity index (χ2n) is 12.3. The summed E-state index contributed by atoms with van der Waals surface area (Å²) in [5, 5.41) is 16.0. The van der Waals surface area contributed by atoms with E-state index < -0.39 is 8.32 Å². The quantitative estimate of drug-likeness (QED) is 0.283. The molecule has 2 amide bonds. The van der Waals surface area contributed by atoms with Crippen molar-refractivity contribution in [3.05, 3.63) is 65.7 Å². The number of nitrogens with one attached hydrogen (secondary N) is 2. The number of aliphatic hydroxyl groups is 1. The van der Waals surface area contributed by atoms with Crippen LogP contribution in [0.1, 0.15) is 43.7 Å². The minimum atomic E-state index is -2.64. The van der Waals surface area contributed by atoms with Crippen molar-refractivity contribution in [2.45, 2.75) is 76.4 Å². The highest BCUT2D eigenvalue weighted by Gasteiger charge is 2.50. The third-order valence-electron chi connectivity index (χ3n) is 8.61. The summed E-state index contributed by atoms with van der Waals surface area (Å²) in [5.41, 5.74) is 2.87. The van der Waals surface area contributed by atoms with Gasteiger partial charge in [0, 0.05) is 30.9 Å². The van der Waals surface area contributed by atoms with Crippen molar-refractivity contribution in [1.82, 2.24) is 10.2 Å². The van der Waals surface area contributed by atoms with E-state index in [1.165, 1.54) is 0 Å². The van der Waals surface area contributed by atoms with Crippen LogP contribution in [0.3, 0.4) is 0 Å². The molecule has 2 aliphatic heterocycles. The van der Waals surface area contributed by atoms with Crippen LogP contribution in [0.4, 0.5) is 5.69 Å². The number of aliphatic hydroxyl groups excluding tert-OH is 1. The maximum absolute atomic E-state index is 13.4. The molecule has 0 spiro atoms. The van der Waals surface area contributed by atoms with Crippen molar-refractivity contribution in [2.24, 2.45) is 11.8 Å². The van der Waals surface area contributed by atoms with Crippen molar-refractivity contribution in [2.75, 3.05) is 31.6 Å². The molecule has 2 fully saturated rings. The van der Waals surface area contributed by atoms with Crippen molar-refractivity contribution in [3.8, 4) is 0 Å². The van der Waals surface area contributed by atoms with Gasteiger partial charge in [-0.25, -0.2) is 0 Å². The van der Waals surface area contributed by atoms with Gasteiger partial charge in [0.2, 0.25) is 11.8 Å². The predicted molar refractivity (Wildman–Crippen MR) is 164 cm³/mol. The van der Waals surface area contributed by atoms with E-state index in [0.717, 1.165) is 55.6 Å². The van der Waals surface area contributed by atoms with Crippen LogP contribution in [0.2, 0.25) is 18.6 Å². The second-order valence-corrected chi connectivity index (χ2v) is 16.2. The van der Waals surface area contributed by atoms with Crippen LogP contribution in [0.25, 0.3) is 0 Å². The Morgan fingerprint density at radius 1 is 1.10 bits per heavy atom. The Hall–Kier alpha value is -2.56. The zero-order valence-electron chi connectivity index (χ0n) is 24.7. The number of ether oxygens (including phenoxy) is 1. The van der Waals surface area contributed by atoms with E-state index in [1.807, 2.05) is 61.6 Å². The molecular formula is C32H47N3O5Si. The van der Waals surface area contributed by atoms with Crippen LogP contribution in [-0.4, -0.2) is 73.4 Å². The predicted octanol–water partition coefficient (Wildman–Crippen LogP) is 3.94. The number of benzene rings is 2. The third kappa shape index (κ3) is 8.72. The molecule has 4 N–H and O–H groups in total. The first kappa shape index (κ1) is 31.4. The average Bonchev–Trinajstić information content (AvgIpc) is 3.27. The lowest BCUT2D eigenvalue weighted by Crippen LogP contribution is -2.42. The van der Waals surface area contributed by atoms with Crippen LogP contribution in [0.5, 0.6) is 0 Å². The summed E-state index contributed by atoms with van der Waals surface area (Å²) in [7, 11) is -2.64. The summed E-state index contributed by atoms with van der Waals surface area (Å²) in [6.45, 7) is 8.28. The Balaban J connectivity index is 1.38. The summed E-state index contributed by atoms with van der Waals surface area (Å²) in [4.78, 5) is 39.0. The van der Waals surface area contributed by atoms with Gasteiger partial charge in [0.05, 0.1) is 31.2 Å². The molecule has 2 heterocycles. The summed E-state index contributed by atoms with van der Waals surface area (Å²) in [6, 6.07) is 17.8. The highest BCUT2D eigenvalue weighted by Crippen LogP contribution is 2.45. The average molecular weight is 582 g/mol. The smallest absolute Gasteiger partial charge is 0.228 e. The Labute approximate surface area is 245 Å². The Kier molecular flexibility index (Phi) is 11.1. The van der Waals surface area contributed by atoms with Gasteiger partial charge in [-0.2, -0.15) is 0 Å². The van der Waals surface area contributed by atoms with Gasteiger partial charge in [-0.1, -0.05) is 49.4 Å². The number of anilines is 1. The van der Waals surface area contributed by atoms with Gasteiger partial charge in [0.25, 0.3) is 0 Å². The SMILES string of the molecule is C[C@H]1[C@H]([Si](C)(C)O)[C@@H](CC(=O)N(CCO)Cc2ccccc2)O[C@H]1CCc1cccc(NC(=O)C2CCCNC2)c1. The molecule has 2 saturated heterocycles. The van der Waals surface area contributed by atoms with Gasteiger partial charge in [-0.3, -0.25) is 9.59 Å². The molecule has 4 rings (SSSR count). The Morgan fingerprint density at radius 3 is 2.54 bits per heavy atom. The maximum Gasteiger partial charge on any atom is 0.228 e. The van der Waals surface area contributed by atoms with Crippen LogP contribution in [0.15, 0.2) is 54.6 Å². The minimum absolute atomic E-state index is 0.00344. The molecule has 2 aliphatic rings. The van der Waals surface area contributed by atoms with Gasteiger partial charge in [0.15, 0.2) is 8.32 Å². The summed E-state index contributed by atoms with van der Waals surface area (Å²) >= 11 is 0. The van der Waals surface area contributed by atoms with Crippen LogP contribution >= 0.6 is 0 Å². The monoisotopic (exact) mass is 581 g/mol. The number of aryl methyl sites for hydroxylation is 1. The molecule has 2 aromatic rings. The van der Waals surface area contributed by atoms with Crippen LogP contribution in [-0.2, 0) is 27.3 Å². The number of carbonyl (C=O) groups is 2. The van der Waals surface area contributed by atoms with Gasteiger partial charge < -0.3 is 30.2 Å². The number of piperidine rings is 1. The largest absolute Gasteiger partial charge is 0.432 e. The first-order valence-electron chi connectivity index (χ1n) is 15.1. The van der Waals surface area contributed by atoms with Gasteiger partial charge in [-0.05, 0) is 74.5 Å². The minimum Gasteiger partial charge on any atom is -0.432 e. The van der Waals surface area contributed by atoms with E-state index in [2.05, 4.69) is 23.6 Å². The summed E-state index contributed by atoms with van der Waals surface area (Å²) < 4.78 is 6.55. The molecule has 2 aromatic carbocycles. The normalized spacial score (nSPS) is 24.7. The Morgan fingerprint density at radius 2 is 1.85 bits per heavy atom. The van der Waals surface area contributed by atoms with E-state index in [4.69, 9.17) is 4.74 Å². The lowest BCUT2D eigenvalue weighted by Gasteiger charge is -2.31. The number of rotatable bonds is 12. The van der Waals surface area contributed by atoms with E-state index in [0.29, 0.717) is 6.54 Å². The number of hydrogen-bond acceptors (Lipinski definition) is 6. The fourth-order valence-corrected chi connectivity index (χ4v) is 9.17. The standard InChI is InChI=1S/C32H47N3O5Si/c1-23-28(15-14-24-11-7-13-27(19-24)34-32(38)26-12-8-16-33-21-26)40-29(31(23)41(2,3)39)20-30(37)35(17-18-36)22-25-9-5-4-6-10-25/h4-7,9-11,13,19,23,26,28-29,31,33,36,39H,8,12,14-18,20-22H2,1-3H3,(H,34,38)/t23-,26?,28+,29-,31+/m1/s1. The zero-order valence-corrected chi connectivity index (χ0v) is 25.7. The van der Waals surface area contributed by atoms with Crippen molar-refractivity contribution < 1.29 is 24.2 Å². The molecule has 1 unspecified atom stereocenters. The number of amides is 2. The highest BCUT2D eigenvalue weighted by molar-refractivity contribution is 6.71. The fraction of sp³-hybridized carbons (Fsp3) is 0.562.